The molecule has 0 aliphatic carbocycles. The predicted octanol–water partition coefficient (Wildman–Crippen LogP) is 6.42. The minimum Gasteiger partial charge on any atom is -0.326 e. The number of anilines is 1. The van der Waals surface area contributed by atoms with E-state index in [-0.39, 0.29) is 10.8 Å². The standard InChI is InChI=1S/C26H38N2O3S/c1-2-3-4-5-6-7-8-9-10-11-12-13-14-15-16-17-18-19-26(29)28-24-20-22-25(23-21-24)32(27,30)31/h6-7,9-10,12-13,15-16,20-23H,2-5,8,11,14,17-19H2,1H3,(H,28,29)(H2,27,30,31)/b7-6-,10-9-,13-12-,16-15-. The summed E-state index contributed by atoms with van der Waals surface area (Å²) in [6.07, 6.45) is 27.4. The number of allylic oxidation sites excluding steroid dienone is 8. The van der Waals surface area contributed by atoms with Crippen molar-refractivity contribution in [2.24, 2.45) is 5.14 Å². The minimum atomic E-state index is -3.72. The van der Waals surface area contributed by atoms with Crippen LogP contribution in [0.1, 0.15) is 71.1 Å². The summed E-state index contributed by atoms with van der Waals surface area (Å²) in [5, 5.41) is 7.81. The molecule has 5 nitrogen and oxygen atoms in total. The fourth-order valence-electron chi connectivity index (χ4n) is 2.89. The lowest BCUT2D eigenvalue weighted by Gasteiger charge is -2.05. The van der Waals surface area contributed by atoms with Crippen LogP contribution in [0.3, 0.4) is 0 Å². The lowest BCUT2D eigenvalue weighted by molar-refractivity contribution is -0.116. The van der Waals surface area contributed by atoms with Gasteiger partial charge in [0.2, 0.25) is 15.9 Å². The highest BCUT2D eigenvalue weighted by Gasteiger charge is 2.07. The Balaban J connectivity index is 2.07. The van der Waals surface area contributed by atoms with Crippen LogP contribution in [0.2, 0.25) is 0 Å². The summed E-state index contributed by atoms with van der Waals surface area (Å²) in [5.41, 5.74) is 0.556. The number of primary sulfonamides is 1. The van der Waals surface area contributed by atoms with E-state index >= 15 is 0 Å². The number of rotatable bonds is 16. The van der Waals surface area contributed by atoms with E-state index in [0.29, 0.717) is 12.1 Å². The number of benzene rings is 1. The van der Waals surface area contributed by atoms with Crippen LogP contribution in [0.5, 0.6) is 0 Å². The largest absolute Gasteiger partial charge is 0.326 e. The fourth-order valence-corrected chi connectivity index (χ4v) is 3.41. The number of nitrogens with one attached hydrogen (secondary N) is 1. The van der Waals surface area contributed by atoms with Crippen molar-refractivity contribution in [3.63, 3.8) is 0 Å². The molecule has 0 aromatic heterocycles. The summed E-state index contributed by atoms with van der Waals surface area (Å²) in [6.45, 7) is 2.23. The predicted molar refractivity (Wildman–Crippen MR) is 135 cm³/mol. The molecule has 0 aliphatic heterocycles. The van der Waals surface area contributed by atoms with Crippen molar-refractivity contribution in [2.45, 2.75) is 76.0 Å². The van der Waals surface area contributed by atoms with Crippen molar-refractivity contribution in [1.29, 1.82) is 0 Å². The van der Waals surface area contributed by atoms with Gasteiger partial charge in [0.05, 0.1) is 4.90 Å². The van der Waals surface area contributed by atoms with Crippen LogP contribution in [0.4, 0.5) is 5.69 Å². The van der Waals surface area contributed by atoms with Gasteiger partial charge < -0.3 is 5.32 Å². The molecule has 0 unspecified atom stereocenters. The van der Waals surface area contributed by atoms with Crippen molar-refractivity contribution in [2.75, 3.05) is 5.32 Å². The fraction of sp³-hybridized carbons (Fsp3) is 0.423. The first-order chi connectivity index (χ1) is 15.4. The summed E-state index contributed by atoms with van der Waals surface area (Å²) in [5.74, 6) is -0.0933. The molecule has 3 N–H and O–H groups in total. The van der Waals surface area contributed by atoms with Crippen molar-refractivity contribution in [1.82, 2.24) is 0 Å². The van der Waals surface area contributed by atoms with Gasteiger partial charge in [0.1, 0.15) is 0 Å². The number of sulfonamides is 1. The lowest BCUT2D eigenvalue weighted by Crippen LogP contribution is -2.13. The molecule has 1 rings (SSSR count). The van der Waals surface area contributed by atoms with Crippen LogP contribution >= 0.6 is 0 Å². The maximum Gasteiger partial charge on any atom is 0.238 e. The van der Waals surface area contributed by atoms with E-state index in [0.717, 1.165) is 32.1 Å². The molecule has 0 atom stereocenters. The van der Waals surface area contributed by atoms with Gasteiger partial charge in [-0.1, -0.05) is 68.4 Å². The molecule has 0 saturated carbocycles. The van der Waals surface area contributed by atoms with Gasteiger partial charge in [-0.2, -0.15) is 0 Å². The average molecular weight is 459 g/mol. The van der Waals surface area contributed by atoms with Crippen molar-refractivity contribution in [3.05, 3.63) is 72.9 Å². The molecule has 0 radical (unpaired) electrons. The smallest absolute Gasteiger partial charge is 0.238 e. The first kappa shape index (κ1) is 27.6. The molecule has 0 saturated heterocycles. The Morgan fingerprint density at radius 2 is 1.31 bits per heavy atom. The normalized spacial score (nSPS) is 12.6. The lowest BCUT2D eigenvalue weighted by atomic mass is 10.2. The topological polar surface area (TPSA) is 89.3 Å². The second kappa shape index (κ2) is 17.2. The van der Waals surface area contributed by atoms with Crippen LogP contribution in [0.25, 0.3) is 0 Å². The molecule has 1 aromatic carbocycles. The first-order valence-corrected chi connectivity index (χ1v) is 13.0. The van der Waals surface area contributed by atoms with Gasteiger partial charge in [-0.25, -0.2) is 13.6 Å². The van der Waals surface area contributed by atoms with Crippen LogP contribution in [0.15, 0.2) is 77.8 Å². The molecular weight excluding hydrogens is 420 g/mol. The maximum atomic E-state index is 12.0. The van der Waals surface area contributed by atoms with Gasteiger partial charge in [-0.05, 0) is 69.2 Å². The Hall–Kier alpha value is -2.44. The van der Waals surface area contributed by atoms with Gasteiger partial charge in [-0.3, -0.25) is 4.79 Å². The van der Waals surface area contributed by atoms with E-state index in [4.69, 9.17) is 5.14 Å². The molecule has 0 bridgehead atoms. The first-order valence-electron chi connectivity index (χ1n) is 11.5. The molecular formula is C26H38N2O3S. The number of hydrogen-bond donors (Lipinski definition) is 2. The second-order valence-electron chi connectivity index (χ2n) is 7.60. The van der Waals surface area contributed by atoms with Gasteiger partial charge in [0, 0.05) is 12.1 Å². The Morgan fingerprint density at radius 3 is 1.81 bits per heavy atom. The van der Waals surface area contributed by atoms with E-state index in [1.807, 2.05) is 0 Å². The zero-order valence-electron chi connectivity index (χ0n) is 19.2. The average Bonchev–Trinajstić information content (AvgIpc) is 2.75. The molecule has 0 spiro atoms. The monoisotopic (exact) mass is 458 g/mol. The summed E-state index contributed by atoms with van der Waals surface area (Å²) in [7, 11) is -3.72. The Labute approximate surface area is 194 Å². The molecule has 0 aliphatic rings. The van der Waals surface area contributed by atoms with E-state index in [1.54, 1.807) is 0 Å². The number of nitrogens with two attached hydrogens (primary N) is 1. The van der Waals surface area contributed by atoms with E-state index in [9.17, 15) is 13.2 Å². The van der Waals surface area contributed by atoms with Gasteiger partial charge in [0.25, 0.3) is 0 Å². The highest BCUT2D eigenvalue weighted by atomic mass is 32.2. The molecule has 32 heavy (non-hydrogen) atoms. The van der Waals surface area contributed by atoms with Gasteiger partial charge >= 0.3 is 0 Å². The highest BCUT2D eigenvalue weighted by Crippen LogP contribution is 2.13. The van der Waals surface area contributed by atoms with Crippen LogP contribution in [-0.2, 0) is 14.8 Å². The number of amides is 1. The summed E-state index contributed by atoms with van der Waals surface area (Å²) >= 11 is 0. The maximum absolute atomic E-state index is 12.0. The Bertz CT molecular complexity index is 867. The zero-order valence-corrected chi connectivity index (χ0v) is 20.0. The quantitative estimate of drug-likeness (QED) is 0.221. The summed E-state index contributed by atoms with van der Waals surface area (Å²) in [4.78, 5) is 12.0. The molecule has 0 fully saturated rings. The molecule has 0 heterocycles. The number of hydrogen-bond acceptors (Lipinski definition) is 3. The SMILES string of the molecule is CCCCC/C=C\C/C=C\C/C=C\C/C=C\CCCC(=O)Nc1ccc(S(N)(=O)=O)cc1. The van der Waals surface area contributed by atoms with Crippen molar-refractivity contribution in [3.8, 4) is 0 Å². The number of carbonyl (C=O) groups excluding carboxylic acids is 1. The van der Waals surface area contributed by atoms with E-state index in [2.05, 4.69) is 60.8 Å². The Morgan fingerprint density at radius 1 is 0.812 bits per heavy atom. The zero-order chi connectivity index (χ0) is 23.5. The number of unbranched alkanes of at least 4 members (excludes halogenated alkanes) is 4. The van der Waals surface area contributed by atoms with Crippen molar-refractivity contribution >= 4 is 21.6 Å². The van der Waals surface area contributed by atoms with Crippen LogP contribution < -0.4 is 10.5 Å². The van der Waals surface area contributed by atoms with Gasteiger partial charge in [0.15, 0.2) is 0 Å². The third kappa shape index (κ3) is 14.5. The van der Waals surface area contributed by atoms with E-state index in [1.165, 1.54) is 49.9 Å². The van der Waals surface area contributed by atoms with Crippen molar-refractivity contribution < 1.29 is 13.2 Å². The third-order valence-corrected chi connectivity index (χ3v) is 5.63. The molecule has 6 heteroatoms. The second-order valence-corrected chi connectivity index (χ2v) is 9.16. The third-order valence-electron chi connectivity index (χ3n) is 4.70. The van der Waals surface area contributed by atoms with Crippen LogP contribution in [-0.4, -0.2) is 14.3 Å². The molecule has 1 aromatic rings. The Kier molecular flexibility index (Phi) is 14.8. The van der Waals surface area contributed by atoms with Crippen LogP contribution in [0, 0.1) is 0 Å². The number of carbonyl (C=O) groups is 1. The summed E-state index contributed by atoms with van der Waals surface area (Å²) in [6, 6.07) is 5.82. The molecule has 1 amide bonds. The van der Waals surface area contributed by atoms with E-state index < -0.39 is 10.0 Å². The van der Waals surface area contributed by atoms with Gasteiger partial charge in [-0.15, -0.1) is 0 Å². The minimum absolute atomic E-state index is 0.0241. The molecule has 176 valence electrons. The highest BCUT2D eigenvalue weighted by molar-refractivity contribution is 7.89. The summed E-state index contributed by atoms with van der Waals surface area (Å²) < 4.78 is 22.5.